The van der Waals surface area contributed by atoms with E-state index in [0.717, 1.165) is 5.56 Å². The van der Waals surface area contributed by atoms with Crippen molar-refractivity contribution in [3.63, 3.8) is 0 Å². The summed E-state index contributed by atoms with van der Waals surface area (Å²) in [6, 6.07) is 9.28. The van der Waals surface area contributed by atoms with E-state index >= 15 is 0 Å². The molecule has 0 aliphatic heterocycles. The number of hydrogen-bond donors (Lipinski definition) is 0. The van der Waals surface area contributed by atoms with Gasteiger partial charge in [-0.25, -0.2) is 0 Å². The fraction of sp³-hybridized carbons (Fsp3) is 0.385. The average molecular weight is 252 g/mol. The summed E-state index contributed by atoms with van der Waals surface area (Å²) in [7, 11) is 0. The molecule has 0 amide bonds. The van der Waals surface area contributed by atoms with Crippen molar-refractivity contribution in [2.24, 2.45) is 0 Å². The molecule has 1 rings (SSSR count). The zero-order valence-corrected chi connectivity index (χ0v) is 10.4. The highest BCUT2D eigenvalue weighted by Crippen LogP contribution is 2.22. The lowest BCUT2D eigenvalue weighted by atomic mass is 9.96. The molecule has 0 fully saturated rings. The monoisotopic (exact) mass is 251 g/mol. The van der Waals surface area contributed by atoms with E-state index in [1.165, 1.54) is 0 Å². The van der Waals surface area contributed by atoms with Crippen LogP contribution in [0.15, 0.2) is 24.3 Å². The van der Waals surface area contributed by atoms with Crippen molar-refractivity contribution in [3.05, 3.63) is 34.9 Å². The molecule has 1 aromatic rings. The van der Waals surface area contributed by atoms with E-state index < -0.39 is 0 Å². The van der Waals surface area contributed by atoms with Crippen molar-refractivity contribution >= 4 is 17.6 Å². The van der Waals surface area contributed by atoms with Gasteiger partial charge in [-0.15, -0.1) is 0 Å². The Kier molecular flexibility index (Phi) is 5.51. The first-order valence-electron chi connectivity index (χ1n) is 5.48. The number of carbonyl (C=O) groups excluding carboxylic acids is 1. The van der Waals surface area contributed by atoms with Gasteiger partial charge >= 0.3 is 5.97 Å². The Morgan fingerprint density at radius 2 is 2.12 bits per heavy atom. The maximum Gasteiger partial charge on any atom is 0.305 e. The lowest BCUT2D eigenvalue weighted by molar-refractivity contribution is -0.143. The second-order valence-electron chi connectivity index (χ2n) is 3.58. The van der Waals surface area contributed by atoms with E-state index in [0.29, 0.717) is 18.1 Å². The summed E-state index contributed by atoms with van der Waals surface area (Å²) in [5.74, 6) is -0.557. The fourth-order valence-electron chi connectivity index (χ4n) is 1.50. The maximum absolute atomic E-state index is 11.2. The van der Waals surface area contributed by atoms with Crippen molar-refractivity contribution in [1.82, 2.24) is 0 Å². The minimum absolute atomic E-state index is 0.259. The van der Waals surface area contributed by atoms with Gasteiger partial charge in [-0.05, 0) is 31.0 Å². The van der Waals surface area contributed by atoms with Gasteiger partial charge in [-0.3, -0.25) is 4.79 Å². The summed E-state index contributed by atoms with van der Waals surface area (Å²) in [5, 5.41) is 9.69. The first-order chi connectivity index (χ1) is 8.17. The Bertz CT molecular complexity index is 408. The van der Waals surface area contributed by atoms with Crippen molar-refractivity contribution < 1.29 is 9.53 Å². The highest BCUT2D eigenvalue weighted by Gasteiger charge is 2.13. The topological polar surface area (TPSA) is 50.1 Å². The van der Waals surface area contributed by atoms with Crippen LogP contribution in [0.5, 0.6) is 0 Å². The third-order valence-corrected chi connectivity index (χ3v) is 2.62. The number of esters is 1. The number of benzene rings is 1. The van der Waals surface area contributed by atoms with Crippen LogP contribution in [0.25, 0.3) is 0 Å². The Balaban J connectivity index is 2.58. The zero-order valence-electron chi connectivity index (χ0n) is 9.65. The standard InChI is InChI=1S/C13H14ClNO2/c1-2-17-13(16)8-5-11(9-15)10-3-6-12(14)7-4-10/h3-4,6-7,11H,2,5,8H2,1H3. The van der Waals surface area contributed by atoms with E-state index in [1.807, 2.05) is 0 Å². The molecule has 1 unspecified atom stereocenters. The van der Waals surface area contributed by atoms with Crippen LogP contribution in [0.4, 0.5) is 0 Å². The number of hydrogen-bond acceptors (Lipinski definition) is 3. The largest absolute Gasteiger partial charge is 0.466 e. The smallest absolute Gasteiger partial charge is 0.305 e. The summed E-state index contributed by atoms with van der Waals surface area (Å²) in [4.78, 5) is 11.2. The van der Waals surface area contributed by atoms with Gasteiger partial charge in [0.2, 0.25) is 0 Å². The molecule has 90 valence electrons. The van der Waals surface area contributed by atoms with Crippen LogP contribution in [0, 0.1) is 11.3 Å². The summed E-state index contributed by atoms with van der Waals surface area (Å²) in [6.07, 6.45) is 0.728. The number of ether oxygens (including phenoxy) is 1. The molecule has 0 heterocycles. The molecule has 0 N–H and O–H groups in total. The number of nitriles is 1. The second kappa shape index (κ2) is 6.93. The van der Waals surface area contributed by atoms with E-state index in [1.54, 1.807) is 31.2 Å². The van der Waals surface area contributed by atoms with Gasteiger partial charge in [-0.2, -0.15) is 5.26 Å². The number of halogens is 1. The van der Waals surface area contributed by atoms with Crippen molar-refractivity contribution in [2.75, 3.05) is 6.61 Å². The normalized spacial score (nSPS) is 11.6. The third-order valence-electron chi connectivity index (χ3n) is 2.37. The van der Waals surface area contributed by atoms with Crippen LogP contribution in [-0.4, -0.2) is 12.6 Å². The molecule has 0 saturated carbocycles. The van der Waals surface area contributed by atoms with Crippen LogP contribution >= 0.6 is 11.6 Å². The number of nitrogens with zero attached hydrogens (tertiary/aromatic N) is 1. The Morgan fingerprint density at radius 1 is 1.47 bits per heavy atom. The van der Waals surface area contributed by atoms with E-state index in [4.69, 9.17) is 21.6 Å². The second-order valence-corrected chi connectivity index (χ2v) is 4.01. The Hall–Kier alpha value is -1.53. The maximum atomic E-state index is 11.2. The lowest BCUT2D eigenvalue weighted by Gasteiger charge is -2.08. The molecule has 0 spiro atoms. The van der Waals surface area contributed by atoms with Gasteiger partial charge in [0.15, 0.2) is 0 Å². The highest BCUT2D eigenvalue weighted by molar-refractivity contribution is 6.30. The number of carbonyl (C=O) groups is 1. The van der Waals surface area contributed by atoms with Gasteiger partial charge in [0.25, 0.3) is 0 Å². The quantitative estimate of drug-likeness (QED) is 0.755. The van der Waals surface area contributed by atoms with Gasteiger partial charge in [0.05, 0.1) is 18.6 Å². The first kappa shape index (κ1) is 13.5. The molecule has 0 aliphatic rings. The fourth-order valence-corrected chi connectivity index (χ4v) is 1.62. The van der Waals surface area contributed by atoms with Gasteiger partial charge < -0.3 is 4.74 Å². The SMILES string of the molecule is CCOC(=O)CCC(C#N)c1ccc(Cl)cc1. The molecular formula is C13H14ClNO2. The van der Waals surface area contributed by atoms with Crippen molar-refractivity contribution in [2.45, 2.75) is 25.7 Å². The Morgan fingerprint density at radius 3 is 2.65 bits per heavy atom. The highest BCUT2D eigenvalue weighted by atomic mass is 35.5. The van der Waals surface area contributed by atoms with E-state index in [2.05, 4.69) is 6.07 Å². The van der Waals surface area contributed by atoms with Crippen LogP contribution in [0.3, 0.4) is 0 Å². The first-order valence-corrected chi connectivity index (χ1v) is 5.86. The van der Waals surface area contributed by atoms with E-state index in [9.17, 15) is 4.79 Å². The lowest BCUT2D eigenvalue weighted by Crippen LogP contribution is -2.06. The average Bonchev–Trinajstić information content (AvgIpc) is 2.32. The zero-order chi connectivity index (χ0) is 12.7. The predicted molar refractivity (Wildman–Crippen MR) is 65.7 cm³/mol. The van der Waals surface area contributed by atoms with Crippen molar-refractivity contribution in [3.8, 4) is 6.07 Å². The molecule has 0 saturated heterocycles. The summed E-state index contributed by atoms with van der Waals surface area (Å²) in [5.41, 5.74) is 0.876. The molecular weight excluding hydrogens is 238 g/mol. The van der Waals surface area contributed by atoms with Gasteiger partial charge in [0.1, 0.15) is 0 Å². The predicted octanol–water partition coefficient (Wildman–Crippen LogP) is 3.29. The molecule has 0 aliphatic carbocycles. The molecule has 0 aromatic heterocycles. The molecule has 0 bridgehead atoms. The van der Waals surface area contributed by atoms with Gasteiger partial charge in [-0.1, -0.05) is 23.7 Å². The van der Waals surface area contributed by atoms with Crippen LogP contribution in [-0.2, 0) is 9.53 Å². The summed E-state index contributed by atoms with van der Waals surface area (Å²) >= 11 is 5.77. The summed E-state index contributed by atoms with van der Waals surface area (Å²) < 4.78 is 4.82. The number of rotatable bonds is 5. The molecule has 17 heavy (non-hydrogen) atoms. The van der Waals surface area contributed by atoms with Crippen molar-refractivity contribution in [1.29, 1.82) is 5.26 Å². The summed E-state index contributed by atoms with van der Waals surface area (Å²) in [6.45, 7) is 2.13. The van der Waals surface area contributed by atoms with Crippen LogP contribution < -0.4 is 0 Å². The van der Waals surface area contributed by atoms with Gasteiger partial charge in [0, 0.05) is 11.4 Å². The van der Waals surface area contributed by atoms with Crippen LogP contribution in [0.2, 0.25) is 5.02 Å². The molecule has 0 radical (unpaired) electrons. The molecule has 3 nitrogen and oxygen atoms in total. The minimum atomic E-state index is -0.295. The molecule has 4 heteroatoms. The molecule has 1 aromatic carbocycles. The minimum Gasteiger partial charge on any atom is -0.466 e. The third kappa shape index (κ3) is 4.46. The molecule has 1 atom stereocenters. The Labute approximate surface area is 106 Å². The van der Waals surface area contributed by atoms with E-state index in [-0.39, 0.29) is 18.3 Å². The van der Waals surface area contributed by atoms with Crippen LogP contribution in [0.1, 0.15) is 31.2 Å².